The molecule has 2 saturated heterocycles. The quantitative estimate of drug-likeness (QED) is 0.400. The summed E-state index contributed by atoms with van der Waals surface area (Å²) in [5.41, 5.74) is 5.91. The molecule has 0 unspecified atom stereocenters. The Morgan fingerprint density at radius 2 is 1.85 bits per heavy atom. The van der Waals surface area contributed by atoms with Crippen LogP contribution in [-0.2, 0) is 27.0 Å². The van der Waals surface area contributed by atoms with Crippen molar-refractivity contribution < 1.29 is 27.5 Å². The van der Waals surface area contributed by atoms with Gasteiger partial charge in [-0.3, -0.25) is 14.5 Å². The van der Waals surface area contributed by atoms with Crippen molar-refractivity contribution in [2.75, 3.05) is 69.7 Å². The Labute approximate surface area is 233 Å². The lowest BCUT2D eigenvalue weighted by Gasteiger charge is -2.34. The predicted octanol–water partition coefficient (Wildman–Crippen LogP) is 1.18. The molecule has 0 spiro atoms. The van der Waals surface area contributed by atoms with E-state index >= 15 is 0 Å². The summed E-state index contributed by atoms with van der Waals surface area (Å²) in [5, 5.41) is 6.95. The molecular formula is C26H30F3N9O3. The summed E-state index contributed by atoms with van der Waals surface area (Å²) in [6.07, 6.45) is -0.722. The van der Waals surface area contributed by atoms with Gasteiger partial charge in [-0.05, 0) is 23.8 Å². The van der Waals surface area contributed by atoms with Crippen molar-refractivity contribution in [3.05, 3.63) is 48.3 Å². The second-order valence-electron chi connectivity index (χ2n) is 9.77. The van der Waals surface area contributed by atoms with Gasteiger partial charge in [-0.15, -0.1) is 5.10 Å². The normalized spacial score (nSPS) is 16.7. The number of ether oxygens (including phenoxy) is 1. The molecule has 0 aromatic carbocycles. The van der Waals surface area contributed by atoms with E-state index in [1.165, 1.54) is 0 Å². The molecule has 3 aromatic heterocycles. The van der Waals surface area contributed by atoms with Gasteiger partial charge in [0.15, 0.2) is 11.6 Å². The third-order valence-electron chi connectivity index (χ3n) is 7.01. The summed E-state index contributed by atoms with van der Waals surface area (Å²) >= 11 is 0. The number of anilines is 2. The number of morpholine rings is 1. The summed E-state index contributed by atoms with van der Waals surface area (Å²) in [6, 6.07) is 2.72. The van der Waals surface area contributed by atoms with Gasteiger partial charge in [0.05, 0.1) is 30.9 Å². The molecule has 41 heavy (non-hydrogen) atoms. The zero-order valence-corrected chi connectivity index (χ0v) is 22.2. The molecule has 3 aromatic rings. The monoisotopic (exact) mass is 573 g/mol. The molecule has 2 fully saturated rings. The van der Waals surface area contributed by atoms with Crippen LogP contribution in [0.4, 0.5) is 24.8 Å². The number of hydrogen-bond acceptors (Lipinski definition) is 9. The molecule has 0 aliphatic carbocycles. The molecule has 0 saturated carbocycles. The van der Waals surface area contributed by atoms with E-state index in [0.717, 1.165) is 23.9 Å². The van der Waals surface area contributed by atoms with Crippen LogP contribution in [0.2, 0.25) is 0 Å². The Morgan fingerprint density at radius 3 is 2.54 bits per heavy atom. The Bertz CT molecular complexity index is 1450. The number of hydrogen-bond donors (Lipinski definition) is 2. The van der Waals surface area contributed by atoms with E-state index in [2.05, 4.69) is 31.9 Å². The number of rotatable bonds is 7. The van der Waals surface area contributed by atoms with E-state index in [1.807, 2.05) is 11.0 Å². The van der Waals surface area contributed by atoms with Crippen LogP contribution in [0.1, 0.15) is 11.1 Å². The van der Waals surface area contributed by atoms with Gasteiger partial charge in [-0.1, -0.05) is 6.58 Å². The van der Waals surface area contributed by atoms with E-state index in [-0.39, 0.29) is 29.7 Å². The largest absolute Gasteiger partial charge is 0.417 e. The van der Waals surface area contributed by atoms with Crippen LogP contribution in [-0.4, -0.2) is 100 Å². The van der Waals surface area contributed by atoms with Crippen LogP contribution in [0.3, 0.4) is 0 Å². The Morgan fingerprint density at radius 1 is 1.12 bits per heavy atom. The molecule has 2 amide bonds. The van der Waals surface area contributed by atoms with E-state index in [9.17, 15) is 22.8 Å². The number of halogens is 3. The topological polar surface area (TPSA) is 134 Å². The number of pyridine rings is 1. The average molecular weight is 574 g/mol. The maximum Gasteiger partial charge on any atom is 0.417 e. The van der Waals surface area contributed by atoms with E-state index in [1.54, 1.807) is 15.6 Å². The number of nitrogen functional groups attached to an aromatic ring is 1. The fourth-order valence-electron chi connectivity index (χ4n) is 4.89. The number of nitrogens with zero attached hydrogens (tertiary/aromatic N) is 7. The van der Waals surface area contributed by atoms with Crippen molar-refractivity contribution in [3.8, 4) is 11.4 Å². The molecule has 12 nitrogen and oxygen atoms in total. The zero-order chi connectivity index (χ0) is 29.1. The van der Waals surface area contributed by atoms with E-state index in [4.69, 9.17) is 10.5 Å². The van der Waals surface area contributed by atoms with Crippen molar-refractivity contribution in [2.24, 2.45) is 0 Å². The summed E-state index contributed by atoms with van der Waals surface area (Å²) < 4.78 is 48.7. The van der Waals surface area contributed by atoms with Gasteiger partial charge in [0.25, 0.3) is 0 Å². The fourth-order valence-corrected chi connectivity index (χ4v) is 4.89. The third kappa shape index (κ3) is 6.41. The number of amides is 2. The molecule has 5 heterocycles. The third-order valence-corrected chi connectivity index (χ3v) is 7.01. The Balaban J connectivity index is 1.39. The first kappa shape index (κ1) is 28.3. The minimum absolute atomic E-state index is 0.0827. The smallest absolute Gasteiger partial charge is 0.384 e. The maximum absolute atomic E-state index is 13.9. The molecule has 15 heteroatoms. The number of alkyl halides is 3. The summed E-state index contributed by atoms with van der Waals surface area (Å²) in [5.74, 6) is -0.421. The van der Waals surface area contributed by atoms with E-state index < -0.39 is 17.6 Å². The second-order valence-corrected chi connectivity index (χ2v) is 9.77. The van der Waals surface area contributed by atoms with Crippen LogP contribution in [0.15, 0.2) is 37.2 Å². The van der Waals surface area contributed by atoms with Crippen molar-refractivity contribution >= 4 is 29.0 Å². The van der Waals surface area contributed by atoms with Gasteiger partial charge in [0.1, 0.15) is 11.3 Å². The lowest BCUT2D eigenvalue weighted by atomic mass is 10.1. The van der Waals surface area contributed by atoms with Gasteiger partial charge in [0.2, 0.25) is 11.8 Å². The molecule has 2 aliphatic rings. The summed E-state index contributed by atoms with van der Waals surface area (Å²) in [4.78, 5) is 38.0. The van der Waals surface area contributed by atoms with Gasteiger partial charge in [0, 0.05) is 58.2 Å². The zero-order valence-electron chi connectivity index (χ0n) is 22.2. The number of piperazine rings is 1. The molecule has 5 rings (SSSR count). The summed E-state index contributed by atoms with van der Waals surface area (Å²) in [6.45, 7) is 8.08. The Hall–Kier alpha value is -4.24. The first-order chi connectivity index (χ1) is 19.6. The number of aromatic nitrogens is 4. The van der Waals surface area contributed by atoms with Gasteiger partial charge in [-0.25, -0.2) is 14.5 Å². The van der Waals surface area contributed by atoms with Crippen molar-refractivity contribution in [1.29, 1.82) is 0 Å². The van der Waals surface area contributed by atoms with Crippen LogP contribution >= 0.6 is 0 Å². The Kier molecular flexibility index (Phi) is 8.08. The van der Waals surface area contributed by atoms with Crippen molar-refractivity contribution in [3.63, 3.8) is 0 Å². The highest BCUT2D eigenvalue weighted by Crippen LogP contribution is 2.37. The van der Waals surface area contributed by atoms with Crippen LogP contribution in [0.25, 0.3) is 16.9 Å². The van der Waals surface area contributed by atoms with Gasteiger partial charge in [-0.2, -0.15) is 13.2 Å². The standard InChI is InChI=1S/C26H30F3N9O3/c1-2-22(39)32-14-23(40)36-5-3-35(4-6-36)15-17-11-20-25(37-7-9-41-10-8-37)33-24(34-38(20)16-17)18-13-31-21(30)12-19(18)26(27,28)29/h2,11-13,16H,1,3-10,14-15H2,(H2,30,31)(H,32,39). The second kappa shape index (κ2) is 11.7. The molecule has 3 N–H and O–H groups in total. The fraction of sp³-hybridized carbons (Fsp3) is 0.423. The average Bonchev–Trinajstić information content (AvgIpc) is 3.37. The highest BCUT2D eigenvalue weighted by molar-refractivity contribution is 5.90. The summed E-state index contributed by atoms with van der Waals surface area (Å²) in [7, 11) is 0. The number of fused-ring (bicyclic) bond motifs is 1. The number of carbonyl (C=O) groups excluding carboxylic acids is 2. The van der Waals surface area contributed by atoms with Crippen molar-refractivity contribution in [2.45, 2.75) is 12.7 Å². The van der Waals surface area contributed by atoms with Crippen LogP contribution in [0, 0.1) is 0 Å². The molecule has 218 valence electrons. The first-order valence-electron chi connectivity index (χ1n) is 13.1. The molecule has 0 bridgehead atoms. The lowest BCUT2D eigenvalue weighted by Crippen LogP contribution is -2.50. The minimum atomic E-state index is -4.67. The highest BCUT2D eigenvalue weighted by atomic mass is 19.4. The first-order valence-corrected chi connectivity index (χ1v) is 13.1. The number of nitrogens with two attached hydrogens (primary N) is 1. The highest BCUT2D eigenvalue weighted by Gasteiger charge is 2.35. The number of carbonyl (C=O) groups is 2. The molecule has 0 radical (unpaired) electrons. The SMILES string of the molecule is C=CC(=O)NCC(=O)N1CCN(Cc2cc3c(N4CCOCC4)nc(-c4cnc(N)cc4C(F)(F)F)nn3c2)CC1. The molecule has 2 aliphatic heterocycles. The van der Waals surface area contributed by atoms with Crippen LogP contribution in [0.5, 0.6) is 0 Å². The molecule has 0 atom stereocenters. The van der Waals surface area contributed by atoms with Crippen molar-refractivity contribution in [1.82, 2.24) is 34.7 Å². The van der Waals surface area contributed by atoms with Gasteiger partial charge < -0.3 is 25.6 Å². The predicted molar refractivity (Wildman–Crippen MR) is 144 cm³/mol. The minimum Gasteiger partial charge on any atom is -0.384 e. The van der Waals surface area contributed by atoms with E-state index in [0.29, 0.717) is 70.4 Å². The van der Waals surface area contributed by atoms with Crippen LogP contribution < -0.4 is 16.0 Å². The number of nitrogens with one attached hydrogen (secondary N) is 1. The maximum atomic E-state index is 13.9. The van der Waals surface area contributed by atoms with Gasteiger partial charge >= 0.3 is 6.18 Å². The molecular weight excluding hydrogens is 543 g/mol. The lowest BCUT2D eigenvalue weighted by molar-refractivity contribution is -0.137.